The minimum absolute atomic E-state index is 0.400. The van der Waals surface area contributed by atoms with E-state index in [-0.39, 0.29) is 0 Å². The number of rotatable bonds is 1. The molecule has 0 bridgehead atoms. The molecule has 0 aromatic carbocycles. The standard InChI is InChI=1S/C8H12N2O2/c1-8(10)5(7(11)12)3-2-4-6(8)9/h2-5H,9-10H2,1H3,(H,11,12). The topological polar surface area (TPSA) is 89.3 Å². The van der Waals surface area contributed by atoms with Gasteiger partial charge in [0, 0.05) is 5.70 Å². The van der Waals surface area contributed by atoms with Gasteiger partial charge in [0.2, 0.25) is 0 Å². The van der Waals surface area contributed by atoms with E-state index in [0.717, 1.165) is 0 Å². The van der Waals surface area contributed by atoms with Gasteiger partial charge in [0.05, 0.1) is 11.5 Å². The summed E-state index contributed by atoms with van der Waals surface area (Å²) in [6, 6.07) is 0. The molecule has 0 aliphatic heterocycles. The number of carboxylic acid groups (broad SMARTS) is 1. The molecular formula is C8H12N2O2. The zero-order valence-electron chi connectivity index (χ0n) is 6.82. The van der Waals surface area contributed by atoms with Crippen LogP contribution in [0.4, 0.5) is 0 Å². The first-order valence-electron chi connectivity index (χ1n) is 3.62. The summed E-state index contributed by atoms with van der Waals surface area (Å²) in [6.07, 6.45) is 4.78. The van der Waals surface area contributed by atoms with E-state index in [9.17, 15) is 4.79 Å². The molecule has 1 aliphatic carbocycles. The van der Waals surface area contributed by atoms with E-state index in [1.165, 1.54) is 0 Å². The smallest absolute Gasteiger partial charge is 0.312 e. The lowest BCUT2D eigenvalue weighted by Gasteiger charge is -2.31. The Balaban J connectivity index is 3.01. The maximum Gasteiger partial charge on any atom is 0.312 e. The summed E-state index contributed by atoms with van der Waals surface area (Å²) in [7, 11) is 0. The molecule has 4 nitrogen and oxygen atoms in total. The van der Waals surface area contributed by atoms with Gasteiger partial charge in [-0.2, -0.15) is 0 Å². The number of aliphatic carboxylic acids is 1. The number of allylic oxidation sites excluding steroid dienone is 2. The molecule has 0 saturated heterocycles. The van der Waals surface area contributed by atoms with E-state index < -0.39 is 17.4 Å². The lowest BCUT2D eigenvalue weighted by Crippen LogP contribution is -2.51. The van der Waals surface area contributed by atoms with E-state index in [4.69, 9.17) is 16.6 Å². The highest BCUT2D eigenvalue weighted by molar-refractivity contribution is 5.75. The van der Waals surface area contributed by atoms with Gasteiger partial charge < -0.3 is 16.6 Å². The van der Waals surface area contributed by atoms with E-state index in [1.807, 2.05) is 0 Å². The number of hydrogen-bond donors (Lipinski definition) is 3. The van der Waals surface area contributed by atoms with Crippen LogP contribution in [0.1, 0.15) is 6.92 Å². The van der Waals surface area contributed by atoms with E-state index >= 15 is 0 Å². The normalized spacial score (nSPS) is 34.5. The maximum atomic E-state index is 10.7. The second kappa shape index (κ2) is 2.64. The molecule has 2 unspecified atom stereocenters. The Hall–Kier alpha value is -1.29. The summed E-state index contributed by atoms with van der Waals surface area (Å²) in [5.74, 6) is -1.69. The summed E-state index contributed by atoms with van der Waals surface area (Å²) in [6.45, 7) is 1.61. The van der Waals surface area contributed by atoms with Crippen molar-refractivity contribution in [1.29, 1.82) is 0 Å². The van der Waals surface area contributed by atoms with E-state index in [1.54, 1.807) is 25.2 Å². The highest BCUT2D eigenvalue weighted by atomic mass is 16.4. The molecule has 4 heteroatoms. The van der Waals surface area contributed by atoms with Crippen molar-refractivity contribution in [3.63, 3.8) is 0 Å². The number of hydrogen-bond acceptors (Lipinski definition) is 3. The maximum absolute atomic E-state index is 10.7. The highest BCUT2D eigenvalue weighted by Gasteiger charge is 2.37. The third kappa shape index (κ3) is 1.21. The Morgan fingerprint density at radius 2 is 2.33 bits per heavy atom. The zero-order chi connectivity index (χ0) is 9.35. The summed E-state index contributed by atoms with van der Waals surface area (Å²) in [4.78, 5) is 10.7. The lowest BCUT2D eigenvalue weighted by atomic mass is 9.80. The van der Waals surface area contributed by atoms with Crippen LogP contribution in [0, 0.1) is 5.92 Å². The fourth-order valence-electron chi connectivity index (χ4n) is 1.17. The molecule has 0 saturated carbocycles. The molecule has 66 valence electrons. The van der Waals surface area contributed by atoms with Gasteiger partial charge in [-0.05, 0) is 13.0 Å². The van der Waals surface area contributed by atoms with Crippen LogP contribution in [-0.4, -0.2) is 16.6 Å². The lowest BCUT2D eigenvalue weighted by molar-refractivity contribution is -0.141. The van der Waals surface area contributed by atoms with Gasteiger partial charge in [-0.1, -0.05) is 12.2 Å². The Bertz CT molecular complexity index is 266. The summed E-state index contributed by atoms with van der Waals surface area (Å²) >= 11 is 0. The molecule has 2 atom stereocenters. The molecule has 0 heterocycles. The predicted octanol–water partition coefficient (Wildman–Crippen LogP) is -0.183. The van der Waals surface area contributed by atoms with Crippen LogP contribution >= 0.6 is 0 Å². The van der Waals surface area contributed by atoms with Crippen molar-refractivity contribution in [2.24, 2.45) is 17.4 Å². The van der Waals surface area contributed by atoms with Crippen molar-refractivity contribution in [3.8, 4) is 0 Å². The average molecular weight is 168 g/mol. The van der Waals surface area contributed by atoms with Gasteiger partial charge in [-0.25, -0.2) is 0 Å². The SMILES string of the molecule is CC1(N)C(N)=CC=CC1C(=O)O. The van der Waals surface area contributed by atoms with Crippen LogP contribution in [0.15, 0.2) is 23.9 Å². The fourth-order valence-corrected chi connectivity index (χ4v) is 1.17. The molecule has 0 amide bonds. The minimum Gasteiger partial charge on any atom is -0.481 e. The van der Waals surface area contributed by atoms with Crippen LogP contribution in [0.2, 0.25) is 0 Å². The Morgan fingerprint density at radius 3 is 2.75 bits per heavy atom. The average Bonchev–Trinajstić information content (AvgIpc) is 1.94. The largest absolute Gasteiger partial charge is 0.481 e. The Kier molecular flexibility index (Phi) is 1.94. The second-order valence-corrected chi connectivity index (χ2v) is 3.11. The molecule has 1 rings (SSSR count). The summed E-state index contributed by atoms with van der Waals surface area (Å²) in [5.41, 5.74) is 10.7. The van der Waals surface area contributed by atoms with E-state index in [2.05, 4.69) is 0 Å². The fraction of sp³-hybridized carbons (Fsp3) is 0.375. The van der Waals surface area contributed by atoms with Crippen molar-refractivity contribution in [2.75, 3.05) is 0 Å². The van der Waals surface area contributed by atoms with Gasteiger partial charge in [0.15, 0.2) is 0 Å². The first-order chi connectivity index (χ1) is 5.46. The predicted molar refractivity (Wildman–Crippen MR) is 45.1 cm³/mol. The number of carbonyl (C=O) groups is 1. The third-order valence-corrected chi connectivity index (χ3v) is 2.11. The molecule has 0 aromatic rings. The van der Waals surface area contributed by atoms with Crippen LogP contribution in [-0.2, 0) is 4.79 Å². The molecule has 0 aromatic heterocycles. The Labute approximate surface area is 70.5 Å². The molecule has 5 N–H and O–H groups in total. The number of carboxylic acids is 1. The molecular weight excluding hydrogens is 156 g/mol. The quantitative estimate of drug-likeness (QED) is 0.506. The van der Waals surface area contributed by atoms with Crippen molar-refractivity contribution >= 4 is 5.97 Å². The van der Waals surface area contributed by atoms with Crippen molar-refractivity contribution in [3.05, 3.63) is 23.9 Å². The third-order valence-electron chi connectivity index (χ3n) is 2.11. The van der Waals surface area contributed by atoms with Crippen molar-refractivity contribution in [1.82, 2.24) is 0 Å². The molecule has 0 fully saturated rings. The van der Waals surface area contributed by atoms with Crippen LogP contribution in [0.3, 0.4) is 0 Å². The zero-order valence-corrected chi connectivity index (χ0v) is 6.82. The highest BCUT2D eigenvalue weighted by Crippen LogP contribution is 2.25. The minimum atomic E-state index is -0.972. The summed E-state index contributed by atoms with van der Waals surface area (Å²) in [5, 5.41) is 8.78. The number of nitrogens with two attached hydrogens (primary N) is 2. The molecule has 12 heavy (non-hydrogen) atoms. The van der Waals surface area contributed by atoms with Gasteiger partial charge in [-0.15, -0.1) is 0 Å². The first kappa shape index (κ1) is 8.80. The van der Waals surface area contributed by atoms with Gasteiger partial charge in [0.25, 0.3) is 0 Å². The molecule has 1 aliphatic rings. The van der Waals surface area contributed by atoms with Crippen LogP contribution < -0.4 is 11.5 Å². The Morgan fingerprint density at radius 1 is 1.75 bits per heavy atom. The molecule has 0 spiro atoms. The second-order valence-electron chi connectivity index (χ2n) is 3.11. The van der Waals surface area contributed by atoms with Crippen molar-refractivity contribution in [2.45, 2.75) is 12.5 Å². The van der Waals surface area contributed by atoms with Crippen LogP contribution in [0.5, 0.6) is 0 Å². The monoisotopic (exact) mass is 168 g/mol. The first-order valence-corrected chi connectivity index (χ1v) is 3.62. The van der Waals surface area contributed by atoms with Gasteiger partial charge >= 0.3 is 5.97 Å². The molecule has 0 radical (unpaired) electrons. The van der Waals surface area contributed by atoms with Gasteiger partial charge in [-0.3, -0.25) is 4.79 Å². The van der Waals surface area contributed by atoms with Crippen molar-refractivity contribution < 1.29 is 9.90 Å². The van der Waals surface area contributed by atoms with Gasteiger partial charge in [0.1, 0.15) is 0 Å². The van der Waals surface area contributed by atoms with Crippen LogP contribution in [0.25, 0.3) is 0 Å². The summed E-state index contributed by atoms with van der Waals surface area (Å²) < 4.78 is 0. The van der Waals surface area contributed by atoms with E-state index in [0.29, 0.717) is 5.70 Å².